The van der Waals surface area contributed by atoms with Gasteiger partial charge >= 0.3 is 15.2 Å². The highest BCUT2D eigenvalue weighted by Gasteiger charge is 2.55. The third kappa shape index (κ3) is 11.4. The van der Waals surface area contributed by atoms with Gasteiger partial charge in [0.2, 0.25) is 10.7 Å². The molecule has 0 saturated heterocycles. The number of benzene rings is 4. The lowest BCUT2D eigenvalue weighted by atomic mass is 9.78. The number of para-hydroxylation sites is 2. The van der Waals surface area contributed by atoms with Gasteiger partial charge in [0, 0.05) is 5.41 Å². The van der Waals surface area contributed by atoms with E-state index in [4.69, 9.17) is 27.6 Å². The molecule has 0 aliphatic rings. The highest BCUT2D eigenvalue weighted by Crippen LogP contribution is 2.64. The average Bonchev–Trinajstić information content (AvgIpc) is 3.23. The monoisotopic (exact) mass is 836 g/mol. The van der Waals surface area contributed by atoms with Crippen LogP contribution in [0.5, 0.6) is 23.0 Å². The molecule has 0 aliphatic heterocycles. The first-order valence-corrected chi connectivity index (χ1v) is 22.8. The van der Waals surface area contributed by atoms with Crippen molar-refractivity contribution in [2.24, 2.45) is 0 Å². The van der Waals surface area contributed by atoms with Gasteiger partial charge in [-0.15, -0.1) is 0 Å². The summed E-state index contributed by atoms with van der Waals surface area (Å²) in [5.74, 6) is 2.52. The summed E-state index contributed by atoms with van der Waals surface area (Å²) in [6, 6.07) is 33.0. The van der Waals surface area contributed by atoms with E-state index in [1.807, 2.05) is 81.4 Å². The molecule has 0 saturated carbocycles. The van der Waals surface area contributed by atoms with Gasteiger partial charge in [0.05, 0.1) is 0 Å². The second-order valence-corrected chi connectivity index (χ2v) is 19.1. The van der Waals surface area contributed by atoms with Gasteiger partial charge in [0.1, 0.15) is 34.5 Å². The molecule has 4 rings (SSSR count). The van der Waals surface area contributed by atoms with Gasteiger partial charge in [-0.25, -0.2) is 9.13 Å². The van der Waals surface area contributed by atoms with Crippen molar-refractivity contribution in [1.82, 2.24) is 0 Å². The molecule has 0 heterocycles. The second kappa shape index (κ2) is 20.5. The summed E-state index contributed by atoms with van der Waals surface area (Å²) in [6.45, 7) is 22.5. The van der Waals surface area contributed by atoms with Crippen LogP contribution < -0.4 is 18.3 Å². The summed E-state index contributed by atoms with van der Waals surface area (Å²) in [5.41, 5.74) is 1.51. The Morgan fingerprint density at radius 2 is 0.983 bits per heavy atom. The first kappa shape index (κ1) is 46.3. The van der Waals surface area contributed by atoms with Gasteiger partial charge in [-0.05, 0) is 124 Å². The Labute approximate surface area is 351 Å². The smallest absolute Gasteiger partial charge is 0.473 e. The van der Waals surface area contributed by atoms with Crippen LogP contribution in [0.3, 0.4) is 0 Å². The van der Waals surface area contributed by atoms with E-state index in [0.29, 0.717) is 47.4 Å². The van der Waals surface area contributed by atoms with E-state index in [1.54, 1.807) is 118 Å². The van der Waals surface area contributed by atoms with E-state index in [0.717, 1.165) is 11.1 Å². The van der Waals surface area contributed by atoms with E-state index in [9.17, 15) is 4.57 Å². The zero-order valence-electron chi connectivity index (χ0n) is 35.5. The molecule has 4 aromatic rings. The fourth-order valence-electron chi connectivity index (χ4n) is 6.08. The Hall–Kier alpha value is -5.42. The zero-order valence-corrected chi connectivity index (χ0v) is 37.3. The van der Waals surface area contributed by atoms with Crippen molar-refractivity contribution in [1.29, 1.82) is 0 Å². The third-order valence-corrected chi connectivity index (χ3v) is 14.8. The van der Waals surface area contributed by atoms with Crippen LogP contribution >= 0.6 is 15.2 Å². The van der Waals surface area contributed by atoms with E-state index in [1.165, 1.54) is 0 Å². The highest BCUT2D eigenvalue weighted by atomic mass is 31.2. The molecular weight excluding hydrogens is 778 g/mol. The average molecular weight is 837 g/mol. The molecule has 312 valence electrons. The maximum absolute atomic E-state index is 15.2. The highest BCUT2D eigenvalue weighted by molar-refractivity contribution is 7.56. The van der Waals surface area contributed by atoms with Gasteiger partial charge in [-0.3, -0.25) is 0 Å². The predicted octanol–water partition coefficient (Wildman–Crippen LogP) is 14.9. The first-order chi connectivity index (χ1) is 28.1. The number of allylic oxidation sites excluding steroid dienone is 8. The Balaban J connectivity index is 1.61. The molecular formula is C49H58O8P2. The summed E-state index contributed by atoms with van der Waals surface area (Å²) in [5, 5.41) is -2.72. The number of rotatable bonds is 22. The molecule has 0 aliphatic carbocycles. The van der Waals surface area contributed by atoms with Crippen molar-refractivity contribution >= 4 is 15.2 Å². The molecule has 4 aromatic carbocycles. The SMILES string of the molecule is C=C/C=C\C(=C/C)OC(CC)(CC)P(=O)(Oc1ccccc1)Oc1ccc(C(C)(C)c2ccc(OC(C)(C)P(=O)(OC(/C=C\C=C)=C/C)Oc3ccccc3)cc2)cc1. The molecule has 0 fully saturated rings. The Morgan fingerprint density at radius 1 is 0.576 bits per heavy atom. The molecule has 0 N–H and O–H groups in total. The van der Waals surface area contributed by atoms with Crippen molar-refractivity contribution in [2.75, 3.05) is 0 Å². The normalized spacial score (nSPS) is 14.8. The standard InChI is InChI=1S/C49H58O8P2/c1-11-17-25-41(13-3)53-49(15-5,16-6)59(51,56-45-29-23-20-24-30-45)57-46-37-33-40(34-38-46)47(7,8)39-31-35-43(36-32-39)52-48(9,10)58(50,54-42(14-4)26-18-12-2)55-44-27-21-19-22-28-44/h11-14,17-38H,1-2,15-16H2,3-10H3/b25-17-,26-18-,41-13+,42-14+. The van der Waals surface area contributed by atoms with E-state index < -0.39 is 31.3 Å². The first-order valence-electron chi connectivity index (χ1n) is 19.7. The lowest BCUT2D eigenvalue weighted by Crippen LogP contribution is -2.35. The van der Waals surface area contributed by atoms with Crippen LogP contribution in [0.2, 0.25) is 0 Å². The third-order valence-electron chi connectivity index (χ3n) is 9.84. The molecule has 0 amide bonds. The Bertz CT molecular complexity index is 2200. The number of hydrogen-bond donors (Lipinski definition) is 0. The molecule has 59 heavy (non-hydrogen) atoms. The summed E-state index contributed by atoms with van der Waals surface area (Å²) in [6.07, 6.45) is 14.4. The van der Waals surface area contributed by atoms with Crippen molar-refractivity contribution < 1.29 is 36.7 Å². The Morgan fingerprint density at radius 3 is 1.41 bits per heavy atom. The fourth-order valence-corrected chi connectivity index (χ4v) is 9.77. The predicted molar refractivity (Wildman–Crippen MR) is 241 cm³/mol. The fraction of sp³-hybridized carbons (Fsp3) is 0.265. The molecule has 8 nitrogen and oxygen atoms in total. The van der Waals surface area contributed by atoms with Crippen LogP contribution in [0, 0.1) is 0 Å². The van der Waals surface area contributed by atoms with Gasteiger partial charge in [0.25, 0.3) is 0 Å². The molecule has 2 unspecified atom stereocenters. The van der Waals surface area contributed by atoms with Crippen LogP contribution in [-0.2, 0) is 23.8 Å². The van der Waals surface area contributed by atoms with Crippen LogP contribution in [-0.4, -0.2) is 10.7 Å². The second-order valence-electron chi connectivity index (χ2n) is 14.5. The maximum Gasteiger partial charge on any atom is 0.474 e. The van der Waals surface area contributed by atoms with Crippen molar-refractivity contribution in [3.8, 4) is 23.0 Å². The minimum absolute atomic E-state index is 0.351. The molecule has 2 atom stereocenters. The molecule has 0 radical (unpaired) electrons. The van der Waals surface area contributed by atoms with Gasteiger partial charge in [0.15, 0.2) is 0 Å². The summed E-state index contributed by atoms with van der Waals surface area (Å²) < 4.78 is 67.6. The van der Waals surface area contributed by atoms with Crippen molar-refractivity contribution in [3.63, 3.8) is 0 Å². The largest absolute Gasteiger partial charge is 0.474 e. The summed E-state index contributed by atoms with van der Waals surface area (Å²) in [7, 11) is -8.09. The summed E-state index contributed by atoms with van der Waals surface area (Å²) >= 11 is 0. The lowest BCUT2D eigenvalue weighted by Gasteiger charge is -2.38. The van der Waals surface area contributed by atoms with Crippen LogP contribution in [0.4, 0.5) is 0 Å². The van der Waals surface area contributed by atoms with Gasteiger partial charge in [-0.1, -0.05) is 126 Å². The van der Waals surface area contributed by atoms with Crippen molar-refractivity contribution in [2.45, 2.75) is 84.3 Å². The van der Waals surface area contributed by atoms with Gasteiger partial charge < -0.3 is 27.6 Å². The van der Waals surface area contributed by atoms with E-state index in [2.05, 4.69) is 27.0 Å². The Kier molecular flexibility index (Phi) is 16.1. The van der Waals surface area contributed by atoms with Gasteiger partial charge in [-0.2, -0.15) is 0 Å². The van der Waals surface area contributed by atoms with Crippen LogP contribution in [0.15, 0.2) is 182 Å². The molecule has 0 bridgehead atoms. The van der Waals surface area contributed by atoms with Crippen molar-refractivity contribution in [3.05, 3.63) is 194 Å². The topological polar surface area (TPSA) is 89.5 Å². The summed E-state index contributed by atoms with van der Waals surface area (Å²) in [4.78, 5) is 0. The quantitative estimate of drug-likeness (QED) is 0.0439. The molecule has 0 aromatic heterocycles. The van der Waals surface area contributed by atoms with E-state index in [-0.39, 0.29) is 0 Å². The number of ether oxygens (including phenoxy) is 2. The lowest BCUT2D eigenvalue weighted by molar-refractivity contribution is 0.0524. The zero-order chi connectivity index (χ0) is 43.2. The number of hydrogen-bond acceptors (Lipinski definition) is 8. The van der Waals surface area contributed by atoms with Crippen LogP contribution in [0.25, 0.3) is 0 Å². The van der Waals surface area contributed by atoms with Crippen LogP contribution in [0.1, 0.15) is 79.4 Å². The molecule has 0 spiro atoms. The minimum Gasteiger partial charge on any atom is -0.473 e. The molecule has 10 heteroatoms. The maximum atomic E-state index is 15.2. The minimum atomic E-state index is -4.07. The van der Waals surface area contributed by atoms with E-state index >= 15 is 4.57 Å².